The van der Waals surface area contributed by atoms with Crippen LogP contribution in [0, 0.1) is 5.41 Å². The largest absolute Gasteiger partial charge is 0.481 e. The molecule has 3 aromatic rings. The van der Waals surface area contributed by atoms with Crippen molar-refractivity contribution in [2.75, 3.05) is 37.0 Å². The SMILES string of the molecule is COc1ccc(S(=O)(=O)NC(=O)Nc2nccc(Sc3cnc(N4CCC5(CC4)CO[C@@H](C)[C@H]5N)cn3)c2Cl)cn1. The molecule has 2 saturated heterocycles. The highest BCUT2D eigenvalue weighted by Crippen LogP contribution is 2.42. The van der Waals surface area contributed by atoms with E-state index in [4.69, 9.17) is 26.8 Å². The molecule has 2 aliphatic rings. The molecular weight excluding hydrogens is 592 g/mol. The number of rotatable bonds is 7. The number of aromatic nitrogens is 4. The van der Waals surface area contributed by atoms with Gasteiger partial charge in [-0.2, -0.15) is 0 Å². The first-order valence-corrected chi connectivity index (χ1v) is 15.4. The number of methoxy groups -OCH3 is 1. The van der Waals surface area contributed by atoms with Gasteiger partial charge in [-0.05, 0) is 31.9 Å². The van der Waals surface area contributed by atoms with Gasteiger partial charge >= 0.3 is 6.03 Å². The van der Waals surface area contributed by atoms with Gasteiger partial charge in [0.2, 0.25) is 5.88 Å². The smallest absolute Gasteiger partial charge is 0.334 e. The zero-order chi connectivity index (χ0) is 29.2. The van der Waals surface area contributed by atoms with Gasteiger partial charge in [-0.15, -0.1) is 0 Å². The van der Waals surface area contributed by atoms with Crippen molar-refractivity contribution in [1.82, 2.24) is 24.7 Å². The third kappa shape index (κ3) is 6.33. The van der Waals surface area contributed by atoms with Crippen molar-refractivity contribution in [3.05, 3.63) is 48.0 Å². The van der Waals surface area contributed by atoms with Gasteiger partial charge in [0.15, 0.2) is 5.82 Å². The second-order valence-corrected chi connectivity index (χ2v) is 12.9. The fourth-order valence-corrected chi connectivity index (χ4v) is 6.72. The molecule has 218 valence electrons. The number of anilines is 2. The highest BCUT2D eigenvalue weighted by atomic mass is 35.5. The zero-order valence-electron chi connectivity index (χ0n) is 22.3. The number of nitrogens with zero attached hydrogens (tertiary/aromatic N) is 5. The Labute approximate surface area is 246 Å². The number of amides is 2. The number of pyridine rings is 2. The Morgan fingerprint density at radius 3 is 2.56 bits per heavy atom. The van der Waals surface area contributed by atoms with Gasteiger partial charge in [-0.25, -0.2) is 37.9 Å². The Morgan fingerprint density at radius 1 is 1.17 bits per heavy atom. The fraction of sp³-hybridized carbons (Fsp3) is 0.400. The van der Waals surface area contributed by atoms with E-state index in [1.165, 1.54) is 37.2 Å². The monoisotopic (exact) mass is 620 g/mol. The summed E-state index contributed by atoms with van der Waals surface area (Å²) in [6.45, 7) is 4.38. The topological polar surface area (TPSA) is 175 Å². The summed E-state index contributed by atoms with van der Waals surface area (Å²) in [5, 5.41) is 3.07. The van der Waals surface area contributed by atoms with E-state index in [0.29, 0.717) is 16.5 Å². The number of ether oxygens (including phenoxy) is 2. The van der Waals surface area contributed by atoms with Gasteiger partial charge in [0.25, 0.3) is 10.0 Å². The molecule has 41 heavy (non-hydrogen) atoms. The van der Waals surface area contributed by atoms with Gasteiger partial charge in [-0.1, -0.05) is 23.4 Å². The van der Waals surface area contributed by atoms with Crippen LogP contribution in [0.5, 0.6) is 5.88 Å². The molecule has 2 atom stereocenters. The second-order valence-electron chi connectivity index (χ2n) is 9.77. The van der Waals surface area contributed by atoms with Crippen LogP contribution in [0.2, 0.25) is 5.02 Å². The van der Waals surface area contributed by atoms with Gasteiger partial charge in [-0.3, -0.25) is 5.32 Å². The highest BCUT2D eigenvalue weighted by molar-refractivity contribution is 7.99. The van der Waals surface area contributed by atoms with Gasteiger partial charge in [0, 0.05) is 41.7 Å². The van der Waals surface area contributed by atoms with Gasteiger partial charge < -0.3 is 20.1 Å². The molecule has 5 heterocycles. The number of nitrogens with one attached hydrogen (secondary N) is 2. The van der Waals surface area contributed by atoms with Crippen molar-refractivity contribution < 1.29 is 22.7 Å². The standard InChI is InChI=1S/C25H29ClN8O5S2/c1-15-22(27)25(14-39-15)6-9-34(10-7-25)18-12-31-20(13-29-18)40-17-5-8-28-23(21(17)26)32-24(35)33-41(36,37)16-3-4-19(38-2)30-11-16/h3-5,8,11-13,15,22H,6-7,9-10,14,27H2,1-2H3,(H2,28,32,33,35)/t15-,22+/m0/s1. The van der Waals surface area contributed by atoms with Crippen molar-refractivity contribution in [3.63, 3.8) is 0 Å². The summed E-state index contributed by atoms with van der Waals surface area (Å²) in [7, 11) is -2.79. The third-order valence-corrected chi connectivity index (χ3v) is 10.1. The van der Waals surface area contributed by atoms with E-state index in [2.05, 4.69) is 30.2 Å². The van der Waals surface area contributed by atoms with Crippen molar-refractivity contribution in [3.8, 4) is 5.88 Å². The van der Waals surface area contributed by atoms with E-state index >= 15 is 0 Å². The number of urea groups is 1. The van der Waals surface area contributed by atoms with Crippen molar-refractivity contribution in [2.45, 2.75) is 46.7 Å². The number of carbonyl (C=O) groups excluding carboxylic acids is 1. The molecule has 0 saturated carbocycles. The van der Waals surface area contributed by atoms with Gasteiger partial charge in [0.05, 0.1) is 43.4 Å². The number of piperidine rings is 1. The molecule has 0 aromatic carbocycles. The minimum absolute atomic E-state index is 0.0209. The molecule has 2 fully saturated rings. The van der Waals surface area contributed by atoms with E-state index in [1.54, 1.807) is 18.5 Å². The Hall–Kier alpha value is -3.24. The average molecular weight is 621 g/mol. The zero-order valence-corrected chi connectivity index (χ0v) is 24.7. The number of nitrogens with two attached hydrogens (primary N) is 1. The molecule has 3 aromatic heterocycles. The van der Waals surface area contributed by atoms with Crippen LogP contribution in [0.15, 0.2) is 57.8 Å². The van der Waals surface area contributed by atoms with E-state index in [1.807, 2.05) is 11.6 Å². The maximum atomic E-state index is 12.5. The number of sulfonamides is 1. The Morgan fingerprint density at radius 2 is 1.95 bits per heavy atom. The second kappa shape index (κ2) is 11.9. The first kappa shape index (κ1) is 29.3. The van der Waals surface area contributed by atoms with Gasteiger partial charge in [0.1, 0.15) is 15.7 Å². The average Bonchev–Trinajstić information content (AvgIpc) is 3.24. The summed E-state index contributed by atoms with van der Waals surface area (Å²) >= 11 is 7.72. The molecule has 5 rings (SSSR count). The number of halogens is 1. The Balaban J connectivity index is 1.19. The summed E-state index contributed by atoms with van der Waals surface area (Å²) in [6.07, 6.45) is 7.83. The van der Waals surface area contributed by atoms with Crippen LogP contribution >= 0.6 is 23.4 Å². The quantitative estimate of drug-likeness (QED) is 0.353. The lowest BCUT2D eigenvalue weighted by Crippen LogP contribution is -2.50. The molecule has 16 heteroatoms. The Kier molecular flexibility index (Phi) is 8.52. The molecular formula is C25H29ClN8O5S2. The predicted molar refractivity (Wildman–Crippen MR) is 153 cm³/mol. The summed E-state index contributed by atoms with van der Waals surface area (Å²) in [5.74, 6) is 0.988. The van der Waals surface area contributed by atoms with E-state index in [9.17, 15) is 13.2 Å². The highest BCUT2D eigenvalue weighted by Gasteiger charge is 2.47. The van der Waals surface area contributed by atoms with E-state index in [-0.39, 0.29) is 39.2 Å². The van der Waals surface area contributed by atoms with Crippen LogP contribution in [0.3, 0.4) is 0 Å². The lowest BCUT2D eigenvalue weighted by molar-refractivity contribution is 0.0974. The molecule has 0 aliphatic carbocycles. The number of hydrogen-bond acceptors (Lipinski definition) is 12. The Bertz CT molecular complexity index is 1500. The minimum atomic E-state index is -4.19. The maximum absolute atomic E-state index is 12.5. The summed E-state index contributed by atoms with van der Waals surface area (Å²) in [5.41, 5.74) is 6.45. The molecule has 0 radical (unpaired) electrons. The van der Waals surface area contributed by atoms with Crippen LogP contribution in [-0.2, 0) is 14.8 Å². The van der Waals surface area contributed by atoms with Crippen LogP contribution < -0.4 is 25.4 Å². The van der Waals surface area contributed by atoms with Crippen molar-refractivity contribution in [1.29, 1.82) is 0 Å². The minimum Gasteiger partial charge on any atom is -0.481 e. The number of hydrogen-bond donors (Lipinski definition) is 3. The normalized spacial score (nSPS) is 20.1. The molecule has 4 N–H and O–H groups in total. The van der Waals surface area contributed by atoms with Crippen LogP contribution in [-0.4, -0.2) is 73.3 Å². The predicted octanol–water partition coefficient (Wildman–Crippen LogP) is 2.92. The summed E-state index contributed by atoms with van der Waals surface area (Å²) in [6, 6.07) is 3.29. The molecule has 2 aliphatic heterocycles. The first-order valence-electron chi connectivity index (χ1n) is 12.7. The molecule has 0 bridgehead atoms. The number of carbonyl (C=O) groups is 1. The van der Waals surface area contributed by atoms with E-state index in [0.717, 1.165) is 37.9 Å². The molecule has 0 unspecified atom stereocenters. The third-order valence-electron chi connectivity index (χ3n) is 7.30. The fourth-order valence-electron chi connectivity index (χ4n) is 4.84. The molecule has 1 spiro atoms. The van der Waals surface area contributed by atoms with Crippen LogP contribution in [0.4, 0.5) is 16.4 Å². The first-order chi connectivity index (χ1) is 19.6. The summed E-state index contributed by atoms with van der Waals surface area (Å²) < 4.78 is 37.7. The lowest BCUT2D eigenvalue weighted by atomic mass is 9.73. The van der Waals surface area contributed by atoms with Crippen molar-refractivity contribution >= 4 is 51.1 Å². The van der Waals surface area contributed by atoms with E-state index < -0.39 is 16.1 Å². The molecule has 2 amide bonds. The van der Waals surface area contributed by atoms with Crippen LogP contribution in [0.1, 0.15) is 19.8 Å². The lowest BCUT2D eigenvalue weighted by Gasteiger charge is -2.41. The van der Waals surface area contributed by atoms with Crippen LogP contribution in [0.25, 0.3) is 0 Å². The maximum Gasteiger partial charge on any atom is 0.334 e. The summed E-state index contributed by atoms with van der Waals surface area (Å²) in [4.78, 5) is 32.0. The molecule has 13 nitrogen and oxygen atoms in total. The van der Waals surface area contributed by atoms with Crippen molar-refractivity contribution in [2.24, 2.45) is 11.1 Å².